The summed E-state index contributed by atoms with van der Waals surface area (Å²) < 4.78 is 0. The molecule has 1 unspecified atom stereocenters. The minimum atomic E-state index is 0.202. The summed E-state index contributed by atoms with van der Waals surface area (Å²) in [5.41, 5.74) is 6.86. The smallest absolute Gasteiger partial charge is 0.149 e. The van der Waals surface area contributed by atoms with E-state index in [2.05, 4.69) is 28.7 Å². The van der Waals surface area contributed by atoms with E-state index < -0.39 is 0 Å². The lowest BCUT2D eigenvalue weighted by molar-refractivity contribution is 0.759. The number of nitrogens with two attached hydrogens (primary N) is 1. The van der Waals surface area contributed by atoms with E-state index >= 15 is 0 Å². The first-order valence-corrected chi connectivity index (χ1v) is 6.58. The fourth-order valence-corrected chi connectivity index (χ4v) is 2.55. The highest BCUT2D eigenvalue weighted by molar-refractivity contribution is 7.10. The van der Waals surface area contributed by atoms with Crippen LogP contribution >= 0.6 is 11.3 Å². The van der Waals surface area contributed by atoms with Crippen molar-refractivity contribution in [3.63, 3.8) is 0 Å². The Hall–Kier alpha value is -2.06. The molecule has 0 aliphatic rings. The number of pyridine rings is 1. The minimum absolute atomic E-state index is 0.202. The Morgan fingerprint density at radius 3 is 3.00 bits per heavy atom. The molecule has 0 radical (unpaired) electrons. The number of nitriles is 1. The third-order valence-corrected chi connectivity index (χ3v) is 3.64. The predicted molar refractivity (Wildman–Crippen MR) is 74.3 cm³/mol. The Kier molecular flexibility index (Phi) is 3.80. The Bertz CT molecular complexity index is 557. The van der Waals surface area contributed by atoms with E-state index in [0.717, 1.165) is 6.42 Å². The standard InChI is InChI=1S/C13H14N4S/c1-2-11(12-4-3-5-18-12)17-13-10(15)6-9(7-14)8-16-13/h3-6,8,11H,2,15H2,1H3,(H,16,17). The van der Waals surface area contributed by atoms with E-state index in [-0.39, 0.29) is 6.04 Å². The van der Waals surface area contributed by atoms with Crippen LogP contribution in [0.4, 0.5) is 11.5 Å². The first-order chi connectivity index (χ1) is 8.74. The van der Waals surface area contributed by atoms with Crippen molar-refractivity contribution < 1.29 is 0 Å². The molecule has 5 heteroatoms. The molecule has 1 atom stereocenters. The van der Waals surface area contributed by atoms with Crippen LogP contribution in [-0.2, 0) is 0 Å². The van der Waals surface area contributed by atoms with Gasteiger partial charge in [0.05, 0.1) is 17.3 Å². The van der Waals surface area contributed by atoms with Gasteiger partial charge in [0.15, 0.2) is 0 Å². The van der Waals surface area contributed by atoms with Gasteiger partial charge in [0, 0.05) is 11.1 Å². The molecule has 92 valence electrons. The second-order valence-electron chi connectivity index (χ2n) is 3.89. The van der Waals surface area contributed by atoms with Crippen LogP contribution in [0.2, 0.25) is 0 Å². The largest absolute Gasteiger partial charge is 0.396 e. The molecular formula is C13H14N4S. The normalized spacial score (nSPS) is 11.8. The molecular weight excluding hydrogens is 244 g/mol. The number of thiophene rings is 1. The highest BCUT2D eigenvalue weighted by Gasteiger charge is 2.12. The molecule has 0 aromatic carbocycles. The topological polar surface area (TPSA) is 74.7 Å². The lowest BCUT2D eigenvalue weighted by Gasteiger charge is -2.17. The maximum Gasteiger partial charge on any atom is 0.149 e. The molecule has 2 aromatic heterocycles. The van der Waals surface area contributed by atoms with E-state index in [0.29, 0.717) is 17.1 Å². The fraction of sp³-hybridized carbons (Fsp3) is 0.231. The van der Waals surface area contributed by atoms with Gasteiger partial charge in [-0.3, -0.25) is 0 Å². The number of nitrogens with one attached hydrogen (secondary N) is 1. The van der Waals surface area contributed by atoms with Crippen LogP contribution in [0, 0.1) is 11.3 Å². The molecule has 2 aromatic rings. The summed E-state index contributed by atoms with van der Waals surface area (Å²) in [7, 11) is 0. The number of nitrogen functional groups attached to an aromatic ring is 1. The summed E-state index contributed by atoms with van der Waals surface area (Å²) in [6.45, 7) is 2.11. The number of aromatic nitrogens is 1. The van der Waals surface area contributed by atoms with Crippen LogP contribution in [0.1, 0.15) is 29.8 Å². The quantitative estimate of drug-likeness (QED) is 0.883. The van der Waals surface area contributed by atoms with Crippen LogP contribution in [0.15, 0.2) is 29.8 Å². The number of hydrogen-bond donors (Lipinski definition) is 2. The molecule has 2 heterocycles. The molecule has 0 spiro atoms. The Morgan fingerprint density at radius 1 is 1.61 bits per heavy atom. The molecule has 0 saturated heterocycles. The van der Waals surface area contributed by atoms with Crippen molar-refractivity contribution in [2.45, 2.75) is 19.4 Å². The van der Waals surface area contributed by atoms with Gasteiger partial charge in [0.1, 0.15) is 11.9 Å². The van der Waals surface area contributed by atoms with Gasteiger partial charge < -0.3 is 11.1 Å². The van der Waals surface area contributed by atoms with Crippen molar-refractivity contribution >= 4 is 22.8 Å². The van der Waals surface area contributed by atoms with Crippen LogP contribution in [0.3, 0.4) is 0 Å². The van der Waals surface area contributed by atoms with Crippen LogP contribution < -0.4 is 11.1 Å². The van der Waals surface area contributed by atoms with Gasteiger partial charge in [-0.2, -0.15) is 5.26 Å². The fourth-order valence-electron chi connectivity index (χ4n) is 1.69. The summed E-state index contributed by atoms with van der Waals surface area (Å²) in [4.78, 5) is 5.45. The van der Waals surface area contributed by atoms with E-state index in [1.807, 2.05) is 12.1 Å². The lowest BCUT2D eigenvalue weighted by Crippen LogP contribution is -2.11. The number of anilines is 2. The van der Waals surface area contributed by atoms with Gasteiger partial charge in [0.25, 0.3) is 0 Å². The molecule has 0 bridgehead atoms. The average molecular weight is 258 g/mol. The number of nitrogens with zero attached hydrogens (tertiary/aromatic N) is 2. The summed E-state index contributed by atoms with van der Waals surface area (Å²) in [5.74, 6) is 0.634. The lowest BCUT2D eigenvalue weighted by atomic mass is 10.2. The zero-order valence-electron chi connectivity index (χ0n) is 10.1. The SMILES string of the molecule is CCC(Nc1ncc(C#N)cc1N)c1cccs1. The van der Waals surface area contributed by atoms with Gasteiger partial charge in [-0.15, -0.1) is 11.3 Å². The van der Waals surface area contributed by atoms with Crippen molar-refractivity contribution in [1.82, 2.24) is 4.98 Å². The van der Waals surface area contributed by atoms with E-state index in [9.17, 15) is 0 Å². The van der Waals surface area contributed by atoms with Crippen molar-refractivity contribution in [2.75, 3.05) is 11.1 Å². The average Bonchev–Trinajstić information content (AvgIpc) is 2.91. The van der Waals surface area contributed by atoms with E-state index in [1.54, 1.807) is 17.4 Å². The summed E-state index contributed by atoms with van der Waals surface area (Å²) in [6, 6.07) is 7.98. The third-order valence-electron chi connectivity index (χ3n) is 2.65. The molecule has 0 amide bonds. The van der Waals surface area contributed by atoms with Gasteiger partial charge in [0.2, 0.25) is 0 Å². The second kappa shape index (κ2) is 5.52. The van der Waals surface area contributed by atoms with Crippen LogP contribution in [-0.4, -0.2) is 4.98 Å². The van der Waals surface area contributed by atoms with E-state index in [1.165, 1.54) is 11.1 Å². The van der Waals surface area contributed by atoms with Crippen LogP contribution in [0.5, 0.6) is 0 Å². The predicted octanol–water partition coefficient (Wildman–Crippen LogP) is 3.16. The van der Waals surface area contributed by atoms with Crippen LogP contribution in [0.25, 0.3) is 0 Å². The monoisotopic (exact) mass is 258 g/mol. The molecule has 2 rings (SSSR count). The minimum Gasteiger partial charge on any atom is -0.396 e. The van der Waals surface area contributed by atoms with Crippen molar-refractivity contribution in [1.29, 1.82) is 5.26 Å². The second-order valence-corrected chi connectivity index (χ2v) is 4.87. The molecule has 0 fully saturated rings. The third kappa shape index (κ3) is 2.60. The molecule has 0 aliphatic carbocycles. The Labute approximate surface area is 110 Å². The molecule has 3 N–H and O–H groups in total. The molecule has 0 aliphatic heterocycles. The first kappa shape index (κ1) is 12.4. The number of hydrogen-bond acceptors (Lipinski definition) is 5. The number of rotatable bonds is 4. The maximum atomic E-state index is 8.77. The highest BCUT2D eigenvalue weighted by atomic mass is 32.1. The zero-order valence-corrected chi connectivity index (χ0v) is 10.9. The van der Waals surface area contributed by atoms with E-state index in [4.69, 9.17) is 11.0 Å². The van der Waals surface area contributed by atoms with Gasteiger partial charge in [-0.05, 0) is 23.9 Å². The van der Waals surface area contributed by atoms with Gasteiger partial charge >= 0.3 is 0 Å². The molecule has 18 heavy (non-hydrogen) atoms. The molecule has 0 saturated carbocycles. The summed E-state index contributed by atoms with van der Waals surface area (Å²) in [6.07, 6.45) is 2.47. The summed E-state index contributed by atoms with van der Waals surface area (Å²) >= 11 is 1.70. The molecule has 4 nitrogen and oxygen atoms in total. The maximum absolute atomic E-state index is 8.77. The zero-order chi connectivity index (χ0) is 13.0. The van der Waals surface area contributed by atoms with Gasteiger partial charge in [-0.25, -0.2) is 4.98 Å². The van der Waals surface area contributed by atoms with Crippen molar-refractivity contribution in [2.24, 2.45) is 0 Å². The van der Waals surface area contributed by atoms with Crippen molar-refractivity contribution in [3.8, 4) is 6.07 Å². The first-order valence-electron chi connectivity index (χ1n) is 5.70. The highest BCUT2D eigenvalue weighted by Crippen LogP contribution is 2.27. The van der Waals surface area contributed by atoms with Crippen molar-refractivity contribution in [3.05, 3.63) is 40.2 Å². The Balaban J connectivity index is 2.20. The Morgan fingerprint density at radius 2 is 2.44 bits per heavy atom. The van der Waals surface area contributed by atoms with Gasteiger partial charge in [-0.1, -0.05) is 13.0 Å². The summed E-state index contributed by atoms with van der Waals surface area (Å²) in [5, 5.41) is 14.1.